The number of oxime groups is 1. The summed E-state index contributed by atoms with van der Waals surface area (Å²) in [7, 11) is 0. The normalized spacial score (nSPS) is 31.1. The van der Waals surface area contributed by atoms with Crippen LogP contribution in [0.4, 0.5) is 0 Å². The summed E-state index contributed by atoms with van der Waals surface area (Å²) in [5.74, 6) is 0.408. The monoisotopic (exact) mass is 282 g/mol. The average Bonchev–Trinajstić information content (AvgIpc) is 2.91. The van der Waals surface area contributed by atoms with Crippen molar-refractivity contribution < 1.29 is 10.0 Å². The van der Waals surface area contributed by atoms with Crippen molar-refractivity contribution >= 4 is 11.7 Å². The van der Waals surface area contributed by atoms with Crippen LogP contribution in [0.15, 0.2) is 5.16 Å². The number of hydrogen-bond acceptors (Lipinski definition) is 4. The average molecular weight is 282 g/mol. The maximum absolute atomic E-state index is 12.3. The van der Waals surface area contributed by atoms with E-state index in [9.17, 15) is 4.79 Å². The summed E-state index contributed by atoms with van der Waals surface area (Å²) in [6.07, 6.45) is 4.86. The molecule has 1 aliphatic heterocycles. The molecule has 2 fully saturated rings. The Morgan fingerprint density at radius 3 is 2.65 bits per heavy atom. The molecule has 0 aromatic heterocycles. The molecule has 0 radical (unpaired) electrons. The van der Waals surface area contributed by atoms with E-state index in [1.54, 1.807) is 0 Å². The molecule has 4 N–H and O–H groups in total. The number of amidine groups is 1. The third-order valence-corrected chi connectivity index (χ3v) is 4.56. The van der Waals surface area contributed by atoms with Crippen LogP contribution >= 0.6 is 0 Å². The Hall–Kier alpha value is -1.30. The van der Waals surface area contributed by atoms with Gasteiger partial charge in [-0.2, -0.15) is 0 Å². The van der Waals surface area contributed by atoms with E-state index in [-0.39, 0.29) is 11.7 Å². The van der Waals surface area contributed by atoms with Crippen molar-refractivity contribution in [1.29, 1.82) is 0 Å². The summed E-state index contributed by atoms with van der Waals surface area (Å²) < 4.78 is 0. The lowest BCUT2D eigenvalue weighted by Gasteiger charge is -2.43. The molecule has 20 heavy (non-hydrogen) atoms. The van der Waals surface area contributed by atoms with Gasteiger partial charge in [0.25, 0.3) is 0 Å². The van der Waals surface area contributed by atoms with Gasteiger partial charge in [-0.05, 0) is 57.7 Å². The quantitative estimate of drug-likeness (QED) is 0.220. The molecule has 0 aromatic carbocycles. The highest BCUT2D eigenvalue weighted by atomic mass is 16.4. The first-order chi connectivity index (χ1) is 9.58. The lowest BCUT2D eigenvalue weighted by atomic mass is 9.61. The summed E-state index contributed by atoms with van der Waals surface area (Å²) in [4.78, 5) is 14.7. The Morgan fingerprint density at radius 1 is 1.45 bits per heavy atom. The van der Waals surface area contributed by atoms with Gasteiger partial charge in [-0.3, -0.25) is 4.79 Å². The fraction of sp³-hybridized carbons (Fsp3) is 0.857. The number of amides is 1. The molecule has 1 saturated carbocycles. The summed E-state index contributed by atoms with van der Waals surface area (Å²) in [6.45, 7) is 6.13. The van der Waals surface area contributed by atoms with Gasteiger partial charge >= 0.3 is 0 Å². The maximum atomic E-state index is 12.3. The van der Waals surface area contributed by atoms with Crippen LogP contribution in [0.1, 0.15) is 39.0 Å². The third kappa shape index (κ3) is 3.06. The number of nitrogens with two attached hydrogens (primary N) is 1. The van der Waals surface area contributed by atoms with E-state index >= 15 is 0 Å². The molecule has 0 aromatic rings. The standard InChI is InChI=1S/C14H26N4O2/c1-11-9-14(10-11,12(15)17-20)13(19)16-5-4-8-18-6-2-3-7-18/h11,20H,2-10H2,1H3,(H2,15,17)(H,16,19). The van der Waals surface area contributed by atoms with E-state index in [4.69, 9.17) is 10.9 Å². The van der Waals surface area contributed by atoms with Gasteiger partial charge < -0.3 is 21.2 Å². The van der Waals surface area contributed by atoms with E-state index in [1.807, 2.05) is 0 Å². The van der Waals surface area contributed by atoms with Crippen molar-refractivity contribution in [2.45, 2.75) is 39.0 Å². The van der Waals surface area contributed by atoms with Crippen molar-refractivity contribution in [3.05, 3.63) is 0 Å². The van der Waals surface area contributed by atoms with Crippen molar-refractivity contribution in [3.63, 3.8) is 0 Å². The zero-order chi connectivity index (χ0) is 14.6. The first-order valence-corrected chi connectivity index (χ1v) is 7.57. The molecule has 0 unspecified atom stereocenters. The smallest absolute Gasteiger partial charge is 0.233 e. The van der Waals surface area contributed by atoms with Gasteiger partial charge in [0, 0.05) is 6.54 Å². The number of rotatable bonds is 6. The summed E-state index contributed by atoms with van der Waals surface area (Å²) >= 11 is 0. The Balaban J connectivity index is 1.75. The molecule has 0 bridgehead atoms. The number of likely N-dealkylation sites (tertiary alicyclic amines) is 1. The summed E-state index contributed by atoms with van der Waals surface area (Å²) in [5, 5.41) is 14.9. The highest BCUT2D eigenvalue weighted by molar-refractivity contribution is 6.07. The van der Waals surface area contributed by atoms with Crippen LogP contribution in [0.5, 0.6) is 0 Å². The molecule has 1 heterocycles. The van der Waals surface area contributed by atoms with Crippen LogP contribution in [-0.4, -0.2) is 48.0 Å². The van der Waals surface area contributed by atoms with Crippen molar-refractivity contribution in [3.8, 4) is 0 Å². The minimum Gasteiger partial charge on any atom is -0.409 e. The number of nitrogens with one attached hydrogen (secondary N) is 1. The molecule has 2 rings (SSSR count). The van der Waals surface area contributed by atoms with Crippen LogP contribution in [0, 0.1) is 11.3 Å². The largest absolute Gasteiger partial charge is 0.409 e. The van der Waals surface area contributed by atoms with Crippen LogP contribution in [0.25, 0.3) is 0 Å². The number of hydrogen-bond donors (Lipinski definition) is 3. The molecule has 0 spiro atoms. The predicted octanol–water partition coefficient (Wildman–Crippen LogP) is 0.751. The lowest BCUT2D eigenvalue weighted by molar-refractivity contribution is -0.133. The van der Waals surface area contributed by atoms with Gasteiger partial charge in [-0.15, -0.1) is 0 Å². The van der Waals surface area contributed by atoms with Gasteiger partial charge in [0.05, 0.1) is 0 Å². The van der Waals surface area contributed by atoms with Crippen molar-refractivity contribution in [2.75, 3.05) is 26.2 Å². The van der Waals surface area contributed by atoms with Gasteiger partial charge in [-0.1, -0.05) is 12.1 Å². The minimum absolute atomic E-state index is 0.0487. The first-order valence-electron chi connectivity index (χ1n) is 7.57. The van der Waals surface area contributed by atoms with Gasteiger partial charge in [0.15, 0.2) is 5.84 Å². The topological polar surface area (TPSA) is 91.0 Å². The Bertz CT molecular complexity index is 371. The minimum atomic E-state index is -0.776. The van der Waals surface area contributed by atoms with Crippen LogP contribution in [0.3, 0.4) is 0 Å². The zero-order valence-electron chi connectivity index (χ0n) is 12.3. The van der Waals surface area contributed by atoms with Crippen LogP contribution < -0.4 is 11.1 Å². The van der Waals surface area contributed by atoms with E-state index in [2.05, 4.69) is 22.3 Å². The molecular weight excluding hydrogens is 256 g/mol. The molecular formula is C14H26N4O2. The van der Waals surface area contributed by atoms with Crippen molar-refractivity contribution in [1.82, 2.24) is 10.2 Å². The Labute approximate surface area is 120 Å². The van der Waals surface area contributed by atoms with Gasteiger partial charge in [0.2, 0.25) is 5.91 Å². The fourth-order valence-electron chi connectivity index (χ4n) is 3.42. The lowest BCUT2D eigenvalue weighted by Crippen LogP contribution is -2.56. The van der Waals surface area contributed by atoms with Crippen LogP contribution in [-0.2, 0) is 4.79 Å². The van der Waals surface area contributed by atoms with Gasteiger partial charge in [0.1, 0.15) is 5.41 Å². The predicted molar refractivity (Wildman–Crippen MR) is 77.5 cm³/mol. The molecule has 2 aliphatic rings. The molecule has 1 amide bonds. The Kier molecular flexibility index (Phi) is 4.86. The van der Waals surface area contributed by atoms with Gasteiger partial charge in [-0.25, -0.2) is 0 Å². The maximum Gasteiger partial charge on any atom is 0.233 e. The zero-order valence-corrected chi connectivity index (χ0v) is 12.3. The highest BCUT2D eigenvalue weighted by Crippen LogP contribution is 2.45. The van der Waals surface area contributed by atoms with Crippen LogP contribution in [0.2, 0.25) is 0 Å². The summed E-state index contributed by atoms with van der Waals surface area (Å²) in [5.41, 5.74) is 4.94. The SMILES string of the molecule is CC1CC(C(=O)NCCCN2CCCC2)(C(N)=NO)C1. The molecule has 1 saturated heterocycles. The third-order valence-electron chi connectivity index (χ3n) is 4.56. The molecule has 1 aliphatic carbocycles. The molecule has 0 atom stereocenters. The second-order valence-electron chi connectivity index (χ2n) is 6.24. The molecule has 6 nitrogen and oxygen atoms in total. The molecule has 6 heteroatoms. The number of carbonyl (C=O) groups is 1. The van der Waals surface area contributed by atoms with Crippen molar-refractivity contribution in [2.24, 2.45) is 22.2 Å². The highest BCUT2D eigenvalue weighted by Gasteiger charge is 2.51. The number of carbonyl (C=O) groups excluding carboxylic acids is 1. The fourth-order valence-corrected chi connectivity index (χ4v) is 3.42. The van der Waals surface area contributed by atoms with E-state index < -0.39 is 5.41 Å². The van der Waals surface area contributed by atoms with E-state index in [0.29, 0.717) is 25.3 Å². The van der Waals surface area contributed by atoms with E-state index in [0.717, 1.165) is 13.0 Å². The Morgan fingerprint density at radius 2 is 2.10 bits per heavy atom. The summed E-state index contributed by atoms with van der Waals surface area (Å²) in [6, 6.07) is 0. The first kappa shape index (κ1) is 15.1. The second-order valence-corrected chi connectivity index (χ2v) is 6.24. The number of nitrogens with zero attached hydrogens (tertiary/aromatic N) is 2. The van der Waals surface area contributed by atoms with E-state index in [1.165, 1.54) is 25.9 Å². The molecule has 114 valence electrons. The second kappa shape index (κ2) is 6.43.